The molecule has 9 nitrogen and oxygen atoms in total. The van der Waals surface area contributed by atoms with Gasteiger partial charge in [0.1, 0.15) is 5.69 Å². The molecule has 0 aliphatic carbocycles. The number of sulfonamides is 1. The van der Waals surface area contributed by atoms with Gasteiger partial charge in [0.15, 0.2) is 0 Å². The molecule has 3 N–H and O–H groups in total. The van der Waals surface area contributed by atoms with Crippen LogP contribution in [0.1, 0.15) is 37.5 Å². The number of hydrogen-bond donors (Lipinski definition) is 3. The van der Waals surface area contributed by atoms with E-state index in [1.807, 2.05) is 24.3 Å². The van der Waals surface area contributed by atoms with Crippen molar-refractivity contribution in [3.63, 3.8) is 0 Å². The van der Waals surface area contributed by atoms with Gasteiger partial charge in [-0.3, -0.25) is 14.8 Å². The third-order valence-electron chi connectivity index (χ3n) is 4.28. The molecular weight excluding hydrogens is 408 g/mol. The van der Waals surface area contributed by atoms with Gasteiger partial charge in [-0.05, 0) is 28.2 Å². The Morgan fingerprint density at radius 3 is 2.03 bits per heavy atom. The van der Waals surface area contributed by atoms with Crippen molar-refractivity contribution >= 4 is 27.4 Å². The van der Waals surface area contributed by atoms with Gasteiger partial charge >= 0.3 is 6.03 Å². The number of anilines is 1. The molecule has 2 aromatic carbocycles. The van der Waals surface area contributed by atoms with E-state index in [9.17, 15) is 23.3 Å². The highest BCUT2D eigenvalue weighted by atomic mass is 32.2. The first-order chi connectivity index (χ1) is 13.8. The van der Waals surface area contributed by atoms with E-state index in [1.54, 1.807) is 0 Å². The number of carbonyl (C=O) groups excluding carboxylic acids is 1. The Kier molecular flexibility index (Phi) is 7.04. The first-order valence-electron chi connectivity index (χ1n) is 9.21. The number of amides is 2. The van der Waals surface area contributed by atoms with Crippen LogP contribution in [0.2, 0.25) is 0 Å². The largest absolute Gasteiger partial charge is 0.334 e. The molecule has 0 aromatic heterocycles. The van der Waals surface area contributed by atoms with E-state index in [2.05, 4.69) is 36.1 Å². The molecule has 0 unspecified atom stereocenters. The quantitative estimate of drug-likeness (QED) is 0.455. The molecule has 0 saturated carbocycles. The fourth-order valence-corrected chi connectivity index (χ4v) is 3.25. The Balaban J connectivity index is 1.94. The lowest BCUT2D eigenvalue weighted by Gasteiger charge is -2.19. The summed E-state index contributed by atoms with van der Waals surface area (Å²) in [5.74, 6) is 0. The van der Waals surface area contributed by atoms with Crippen molar-refractivity contribution < 1.29 is 18.1 Å². The fourth-order valence-electron chi connectivity index (χ4n) is 2.67. The van der Waals surface area contributed by atoms with Crippen LogP contribution in [0.3, 0.4) is 0 Å². The molecule has 30 heavy (non-hydrogen) atoms. The summed E-state index contributed by atoms with van der Waals surface area (Å²) in [5.41, 5.74) is 2.15. The molecule has 0 aliphatic rings. The van der Waals surface area contributed by atoms with Crippen molar-refractivity contribution in [2.24, 2.45) is 0 Å². The first-order valence-corrected chi connectivity index (χ1v) is 11.1. The number of urea groups is 1. The van der Waals surface area contributed by atoms with Gasteiger partial charge < -0.3 is 10.6 Å². The van der Waals surface area contributed by atoms with Crippen molar-refractivity contribution in [1.82, 2.24) is 10.6 Å². The Morgan fingerprint density at radius 1 is 1.00 bits per heavy atom. The van der Waals surface area contributed by atoms with Gasteiger partial charge in [-0.15, -0.1) is 0 Å². The van der Waals surface area contributed by atoms with Crippen LogP contribution in [-0.4, -0.2) is 25.6 Å². The lowest BCUT2D eigenvalue weighted by atomic mass is 9.87. The molecule has 0 saturated heterocycles. The number of nitro groups is 1. The van der Waals surface area contributed by atoms with Crippen LogP contribution < -0.4 is 15.4 Å². The van der Waals surface area contributed by atoms with Gasteiger partial charge in [0, 0.05) is 19.2 Å². The number of nitro benzene ring substituents is 1. The van der Waals surface area contributed by atoms with E-state index < -0.39 is 21.0 Å². The molecule has 2 amide bonds. The molecule has 0 spiro atoms. The van der Waals surface area contributed by atoms with E-state index in [1.165, 1.54) is 23.8 Å². The maximum absolute atomic E-state index is 12.0. The minimum Gasteiger partial charge on any atom is -0.334 e. The van der Waals surface area contributed by atoms with E-state index >= 15 is 0 Å². The smallest absolute Gasteiger partial charge is 0.315 e. The molecule has 0 aliphatic heterocycles. The zero-order valence-electron chi connectivity index (χ0n) is 17.4. The lowest BCUT2D eigenvalue weighted by Crippen LogP contribution is -2.34. The number of nitrogens with zero attached hydrogens (tertiary/aromatic N) is 1. The van der Waals surface area contributed by atoms with Crippen LogP contribution in [0.15, 0.2) is 42.5 Å². The van der Waals surface area contributed by atoms with E-state index in [0.29, 0.717) is 12.1 Å². The van der Waals surface area contributed by atoms with Crippen molar-refractivity contribution in [1.29, 1.82) is 0 Å². The topological polar surface area (TPSA) is 130 Å². The molecule has 0 fully saturated rings. The molecule has 2 aromatic rings. The van der Waals surface area contributed by atoms with Crippen LogP contribution in [0.25, 0.3) is 0 Å². The van der Waals surface area contributed by atoms with Crippen LogP contribution in [0, 0.1) is 10.1 Å². The second-order valence-corrected chi connectivity index (χ2v) is 9.71. The van der Waals surface area contributed by atoms with E-state index in [-0.39, 0.29) is 23.3 Å². The maximum atomic E-state index is 12.0. The average Bonchev–Trinajstić information content (AvgIpc) is 2.63. The van der Waals surface area contributed by atoms with Gasteiger partial charge in [0.2, 0.25) is 10.0 Å². The third kappa shape index (κ3) is 7.03. The van der Waals surface area contributed by atoms with Crippen molar-refractivity contribution in [3.05, 3.63) is 69.3 Å². The summed E-state index contributed by atoms with van der Waals surface area (Å²) in [6, 6.07) is 11.6. The zero-order chi connectivity index (χ0) is 22.5. The van der Waals surface area contributed by atoms with Crippen molar-refractivity contribution in [2.75, 3.05) is 11.0 Å². The highest BCUT2D eigenvalue weighted by molar-refractivity contribution is 7.92. The van der Waals surface area contributed by atoms with E-state index in [4.69, 9.17) is 0 Å². The molecule has 0 atom stereocenters. The Morgan fingerprint density at radius 2 is 1.53 bits per heavy atom. The molecule has 0 heterocycles. The number of carbonyl (C=O) groups is 1. The van der Waals surface area contributed by atoms with Crippen molar-refractivity contribution in [2.45, 2.75) is 39.3 Å². The Labute approximate surface area is 176 Å². The van der Waals surface area contributed by atoms with Gasteiger partial charge in [-0.1, -0.05) is 51.1 Å². The van der Waals surface area contributed by atoms with Gasteiger partial charge in [0.25, 0.3) is 5.69 Å². The van der Waals surface area contributed by atoms with Crippen LogP contribution >= 0.6 is 0 Å². The summed E-state index contributed by atoms with van der Waals surface area (Å²) in [7, 11) is -3.65. The number of nitrogens with one attached hydrogen (secondary N) is 3. The summed E-state index contributed by atoms with van der Waals surface area (Å²) in [5, 5.41) is 16.6. The molecule has 0 radical (unpaired) electrons. The predicted octanol–water partition coefficient (Wildman–Crippen LogP) is 3.26. The lowest BCUT2D eigenvalue weighted by molar-refractivity contribution is -0.383. The van der Waals surface area contributed by atoms with E-state index in [0.717, 1.165) is 11.8 Å². The Hall–Kier alpha value is -3.14. The normalized spacial score (nSPS) is 11.6. The SMILES string of the molecule is CC(C)(C)c1ccc(CNC(=O)NCc2ccc(NS(C)(=O)=O)c([N+](=O)[O-])c2)cc1. The Bertz CT molecular complexity index is 1030. The summed E-state index contributed by atoms with van der Waals surface area (Å²) >= 11 is 0. The first kappa shape index (κ1) is 23.1. The molecule has 10 heteroatoms. The van der Waals surface area contributed by atoms with Crippen LogP contribution in [-0.2, 0) is 28.5 Å². The van der Waals surface area contributed by atoms with Gasteiger partial charge in [-0.25, -0.2) is 13.2 Å². The highest BCUT2D eigenvalue weighted by Crippen LogP contribution is 2.26. The molecule has 2 rings (SSSR count). The zero-order valence-corrected chi connectivity index (χ0v) is 18.2. The molecular formula is C20H26N4O5S. The standard InChI is InChI=1S/C20H26N4O5S/c1-20(2,3)16-8-5-14(6-9-16)12-21-19(25)22-13-15-7-10-17(23-30(4,28)29)18(11-15)24(26)27/h5-11,23H,12-13H2,1-4H3,(H2,21,22,25). The number of hydrogen-bond acceptors (Lipinski definition) is 5. The fraction of sp³-hybridized carbons (Fsp3) is 0.350. The summed E-state index contributed by atoms with van der Waals surface area (Å²) in [6.45, 7) is 6.77. The second kappa shape index (κ2) is 9.12. The van der Waals surface area contributed by atoms with Crippen LogP contribution in [0.5, 0.6) is 0 Å². The summed E-state index contributed by atoms with van der Waals surface area (Å²) in [4.78, 5) is 22.6. The van der Waals surface area contributed by atoms with Gasteiger partial charge in [0.05, 0.1) is 11.2 Å². The molecule has 162 valence electrons. The average molecular weight is 435 g/mol. The van der Waals surface area contributed by atoms with Crippen LogP contribution in [0.4, 0.5) is 16.2 Å². The number of rotatable bonds is 7. The second-order valence-electron chi connectivity index (χ2n) is 7.97. The predicted molar refractivity (Wildman–Crippen MR) is 116 cm³/mol. The maximum Gasteiger partial charge on any atom is 0.315 e. The minimum absolute atomic E-state index is 0.0504. The third-order valence-corrected chi connectivity index (χ3v) is 4.87. The highest BCUT2D eigenvalue weighted by Gasteiger charge is 2.18. The minimum atomic E-state index is -3.65. The number of benzene rings is 2. The monoisotopic (exact) mass is 434 g/mol. The molecule has 0 bridgehead atoms. The van der Waals surface area contributed by atoms with Crippen molar-refractivity contribution in [3.8, 4) is 0 Å². The van der Waals surface area contributed by atoms with Gasteiger partial charge in [-0.2, -0.15) is 0 Å². The summed E-state index contributed by atoms with van der Waals surface area (Å²) in [6.07, 6.45) is 0.910. The summed E-state index contributed by atoms with van der Waals surface area (Å²) < 4.78 is 24.8.